The number of Topliss-reactive ketones (excluding diaryl/α,β-unsaturated/α-hetero) is 1. The van der Waals surface area contributed by atoms with E-state index in [0.717, 1.165) is 0 Å². The van der Waals surface area contributed by atoms with Gasteiger partial charge in [-0.2, -0.15) is 40.1 Å². The summed E-state index contributed by atoms with van der Waals surface area (Å²) >= 11 is 0. The van der Waals surface area contributed by atoms with Crippen LogP contribution < -0.4 is 0 Å². The molecular formula is C6HF8NO2. The average Bonchev–Trinajstić information content (AvgIpc) is 2.09. The largest absolute Gasteiger partial charge is 0.461 e. The standard InChI is InChI=1S/C6HF8NO2/c7-4(8,6(12,13)14)3(17)2(15-1-16)5(9,10)11/h2H. The summed E-state index contributed by atoms with van der Waals surface area (Å²) in [5.41, 5.74) is 0. The minimum atomic E-state index is -6.51. The molecule has 1 unspecified atom stereocenters. The van der Waals surface area contributed by atoms with Crippen molar-refractivity contribution >= 4 is 11.9 Å². The maximum atomic E-state index is 12.3. The molecule has 0 aromatic heterocycles. The molecule has 0 heterocycles. The highest BCUT2D eigenvalue weighted by atomic mass is 19.4. The number of isocyanates is 1. The van der Waals surface area contributed by atoms with Gasteiger partial charge >= 0.3 is 18.3 Å². The van der Waals surface area contributed by atoms with Crippen LogP contribution in [0.4, 0.5) is 35.1 Å². The highest BCUT2D eigenvalue weighted by Crippen LogP contribution is 2.39. The predicted octanol–water partition coefficient (Wildman–Crippen LogP) is 2.02. The van der Waals surface area contributed by atoms with Crippen molar-refractivity contribution in [2.45, 2.75) is 24.3 Å². The molecular weight excluding hydrogens is 270 g/mol. The SMILES string of the molecule is O=C=NC(C(=O)C(F)(F)C(F)(F)F)C(F)(F)F. The van der Waals surface area contributed by atoms with Crippen LogP contribution in [0.1, 0.15) is 0 Å². The van der Waals surface area contributed by atoms with Crippen LogP contribution in [0.3, 0.4) is 0 Å². The van der Waals surface area contributed by atoms with Crippen molar-refractivity contribution in [3.05, 3.63) is 0 Å². The van der Waals surface area contributed by atoms with Gasteiger partial charge in [0.25, 0.3) is 0 Å². The maximum Gasteiger partial charge on any atom is 0.461 e. The van der Waals surface area contributed by atoms with E-state index in [-0.39, 0.29) is 6.08 Å². The van der Waals surface area contributed by atoms with Crippen LogP contribution in [-0.4, -0.2) is 36.2 Å². The minimum absolute atomic E-state index is 0.112. The van der Waals surface area contributed by atoms with Gasteiger partial charge in [0.1, 0.15) is 0 Å². The lowest BCUT2D eigenvalue weighted by molar-refractivity contribution is -0.273. The number of nitrogens with zero attached hydrogens (tertiary/aromatic N) is 1. The Bertz CT molecular complexity index is 350. The fourth-order valence-corrected chi connectivity index (χ4v) is 0.645. The zero-order valence-electron chi connectivity index (χ0n) is 7.36. The molecule has 0 saturated carbocycles. The number of hydrogen-bond acceptors (Lipinski definition) is 3. The second kappa shape index (κ2) is 4.40. The first-order valence-electron chi connectivity index (χ1n) is 3.48. The maximum absolute atomic E-state index is 12.3. The highest BCUT2D eigenvalue weighted by molar-refractivity contribution is 5.92. The first-order valence-corrected chi connectivity index (χ1v) is 3.48. The molecule has 0 bridgehead atoms. The fraction of sp³-hybridized carbons (Fsp3) is 0.667. The monoisotopic (exact) mass is 271 g/mol. The average molecular weight is 271 g/mol. The number of halogens is 8. The number of carbonyl (C=O) groups excluding carboxylic acids is 2. The summed E-state index contributed by atoms with van der Waals surface area (Å²) in [5, 5.41) is 0. The Balaban J connectivity index is 5.47. The molecule has 0 aromatic carbocycles. The zero-order valence-corrected chi connectivity index (χ0v) is 7.36. The zero-order chi connectivity index (χ0) is 14.1. The van der Waals surface area contributed by atoms with Crippen LogP contribution in [0.2, 0.25) is 0 Å². The lowest BCUT2D eigenvalue weighted by atomic mass is 10.1. The summed E-state index contributed by atoms with van der Waals surface area (Å²) in [6.07, 6.45) is -12.2. The Morgan fingerprint density at radius 1 is 1.00 bits per heavy atom. The third kappa shape index (κ3) is 3.22. The number of alkyl halides is 8. The molecule has 0 radical (unpaired) electrons. The van der Waals surface area contributed by atoms with Crippen LogP contribution in [-0.2, 0) is 9.59 Å². The second-order valence-electron chi connectivity index (χ2n) is 2.60. The molecule has 11 heteroatoms. The van der Waals surface area contributed by atoms with Gasteiger partial charge in [0.05, 0.1) is 0 Å². The number of hydrogen-bond donors (Lipinski definition) is 0. The van der Waals surface area contributed by atoms with Gasteiger partial charge in [0.2, 0.25) is 17.9 Å². The van der Waals surface area contributed by atoms with Crippen LogP contribution in [0, 0.1) is 0 Å². The molecule has 0 amide bonds. The first kappa shape index (κ1) is 15.5. The molecule has 1 atom stereocenters. The van der Waals surface area contributed by atoms with Gasteiger partial charge in [0, 0.05) is 0 Å². The van der Waals surface area contributed by atoms with Crippen LogP contribution in [0.15, 0.2) is 4.99 Å². The summed E-state index contributed by atoms with van der Waals surface area (Å²) in [4.78, 5) is 21.5. The van der Waals surface area contributed by atoms with E-state index >= 15 is 0 Å². The van der Waals surface area contributed by atoms with E-state index in [4.69, 9.17) is 0 Å². The van der Waals surface area contributed by atoms with E-state index in [1.807, 2.05) is 0 Å². The Morgan fingerprint density at radius 3 is 1.65 bits per heavy atom. The summed E-state index contributed by atoms with van der Waals surface area (Å²) in [6.45, 7) is 0. The molecule has 0 aliphatic carbocycles. The number of aliphatic imine (C=N–C) groups is 1. The van der Waals surface area contributed by atoms with E-state index in [9.17, 15) is 44.7 Å². The highest BCUT2D eigenvalue weighted by Gasteiger charge is 2.68. The van der Waals surface area contributed by atoms with Gasteiger partial charge in [-0.25, -0.2) is 4.79 Å². The fourth-order valence-electron chi connectivity index (χ4n) is 0.645. The molecule has 0 saturated heterocycles. The van der Waals surface area contributed by atoms with Crippen LogP contribution in [0.5, 0.6) is 0 Å². The topological polar surface area (TPSA) is 46.5 Å². The third-order valence-corrected chi connectivity index (χ3v) is 1.41. The van der Waals surface area contributed by atoms with Gasteiger partial charge < -0.3 is 0 Å². The van der Waals surface area contributed by atoms with Gasteiger partial charge in [-0.1, -0.05) is 0 Å². The van der Waals surface area contributed by atoms with E-state index in [0.29, 0.717) is 0 Å². The lowest BCUT2D eigenvalue weighted by Crippen LogP contribution is -2.52. The second-order valence-corrected chi connectivity index (χ2v) is 2.60. The molecule has 0 fully saturated rings. The molecule has 98 valence electrons. The number of ketones is 1. The van der Waals surface area contributed by atoms with E-state index in [1.165, 1.54) is 0 Å². The molecule has 17 heavy (non-hydrogen) atoms. The quantitative estimate of drug-likeness (QED) is 0.448. The van der Waals surface area contributed by atoms with Crippen molar-refractivity contribution in [2.75, 3.05) is 0 Å². The third-order valence-electron chi connectivity index (χ3n) is 1.41. The van der Waals surface area contributed by atoms with Crippen molar-refractivity contribution in [1.82, 2.24) is 0 Å². The van der Waals surface area contributed by atoms with E-state index < -0.39 is 30.1 Å². The van der Waals surface area contributed by atoms with Gasteiger partial charge in [-0.05, 0) is 0 Å². The van der Waals surface area contributed by atoms with Crippen molar-refractivity contribution in [3.8, 4) is 0 Å². The van der Waals surface area contributed by atoms with Gasteiger partial charge in [-0.3, -0.25) is 4.79 Å². The Kier molecular flexibility index (Phi) is 4.01. The molecule has 0 aliphatic rings. The van der Waals surface area contributed by atoms with Crippen molar-refractivity contribution < 1.29 is 44.7 Å². The number of carbonyl (C=O) groups is 1. The summed E-state index contributed by atoms with van der Waals surface area (Å²) < 4.78 is 95.0. The van der Waals surface area contributed by atoms with Crippen LogP contribution >= 0.6 is 0 Å². The Hall–Kier alpha value is -1.51. The van der Waals surface area contributed by atoms with Crippen molar-refractivity contribution in [2.24, 2.45) is 4.99 Å². The molecule has 0 aromatic rings. The smallest absolute Gasteiger partial charge is 0.290 e. The molecule has 0 spiro atoms. The van der Waals surface area contributed by atoms with E-state index in [2.05, 4.69) is 0 Å². The van der Waals surface area contributed by atoms with Gasteiger partial charge in [-0.15, -0.1) is 0 Å². The first-order chi connectivity index (χ1) is 7.35. The summed E-state index contributed by atoms with van der Waals surface area (Å²) in [7, 11) is 0. The van der Waals surface area contributed by atoms with Crippen LogP contribution in [0.25, 0.3) is 0 Å². The van der Waals surface area contributed by atoms with E-state index in [1.54, 1.807) is 4.99 Å². The molecule has 0 aliphatic heterocycles. The molecule has 0 rings (SSSR count). The van der Waals surface area contributed by atoms with Crippen molar-refractivity contribution in [1.29, 1.82) is 0 Å². The lowest BCUT2D eigenvalue weighted by Gasteiger charge is -2.22. The summed E-state index contributed by atoms with van der Waals surface area (Å²) in [5.74, 6) is -9.84. The molecule has 3 nitrogen and oxygen atoms in total. The minimum Gasteiger partial charge on any atom is -0.290 e. The van der Waals surface area contributed by atoms with Gasteiger partial charge in [0.15, 0.2) is 0 Å². The Morgan fingerprint density at radius 2 is 1.41 bits per heavy atom. The Labute approximate surface area is 87.1 Å². The molecule has 0 N–H and O–H groups in total. The number of rotatable bonds is 3. The van der Waals surface area contributed by atoms with Crippen molar-refractivity contribution in [3.63, 3.8) is 0 Å². The predicted molar refractivity (Wildman–Crippen MR) is 34.0 cm³/mol. The summed E-state index contributed by atoms with van der Waals surface area (Å²) in [6, 6.07) is -4.10. The normalized spacial score (nSPS) is 15.1.